The third kappa shape index (κ3) is 5.36. The summed E-state index contributed by atoms with van der Waals surface area (Å²) in [5, 5.41) is 16.3. The van der Waals surface area contributed by atoms with Crippen LogP contribution in [-0.2, 0) is 4.79 Å². The van der Waals surface area contributed by atoms with Crippen LogP contribution in [0.5, 0.6) is 0 Å². The van der Waals surface area contributed by atoms with E-state index in [0.717, 1.165) is 0 Å². The zero-order chi connectivity index (χ0) is 20.6. The van der Waals surface area contributed by atoms with Crippen LogP contribution in [-0.4, -0.2) is 16.7 Å². The Balaban J connectivity index is 1.92. The Hall–Kier alpha value is -4.26. The van der Waals surface area contributed by atoms with Crippen molar-refractivity contribution in [3.8, 4) is 0 Å². The monoisotopic (exact) mass is 387 g/mol. The molecule has 0 aliphatic heterocycles. The lowest BCUT2D eigenvalue weighted by Gasteiger charge is -2.11. The highest BCUT2D eigenvalue weighted by molar-refractivity contribution is 6.10. The van der Waals surface area contributed by atoms with Gasteiger partial charge in [-0.25, -0.2) is 0 Å². The van der Waals surface area contributed by atoms with Gasteiger partial charge in [-0.2, -0.15) is 0 Å². The van der Waals surface area contributed by atoms with Crippen LogP contribution < -0.4 is 10.6 Å². The standard InChI is InChI=1S/C22H17N3O4/c26-21(17-9-3-1-4-10-17)24-20(22(27)23-18-11-5-2-6-12-18)15-16-8-7-13-19(14-16)25(28)29/h1-15H,(H,23,27)(H,24,26)/b20-15+. The molecule has 3 aromatic rings. The first-order valence-electron chi connectivity index (χ1n) is 8.72. The number of para-hydroxylation sites is 1. The van der Waals surface area contributed by atoms with Crippen LogP contribution in [0.15, 0.2) is 90.6 Å². The van der Waals surface area contributed by atoms with Crippen molar-refractivity contribution in [1.82, 2.24) is 5.32 Å². The molecule has 0 aliphatic carbocycles. The highest BCUT2D eigenvalue weighted by Gasteiger charge is 2.15. The molecule has 7 heteroatoms. The average Bonchev–Trinajstić information content (AvgIpc) is 2.74. The summed E-state index contributed by atoms with van der Waals surface area (Å²) in [6, 6.07) is 23.0. The normalized spacial score (nSPS) is 10.8. The third-order valence-electron chi connectivity index (χ3n) is 3.95. The van der Waals surface area contributed by atoms with Gasteiger partial charge >= 0.3 is 0 Å². The van der Waals surface area contributed by atoms with Crippen molar-refractivity contribution in [3.05, 3.63) is 112 Å². The lowest BCUT2D eigenvalue weighted by molar-refractivity contribution is -0.384. The van der Waals surface area contributed by atoms with E-state index in [9.17, 15) is 19.7 Å². The van der Waals surface area contributed by atoms with E-state index in [4.69, 9.17) is 0 Å². The minimum atomic E-state index is -0.549. The highest BCUT2D eigenvalue weighted by Crippen LogP contribution is 2.16. The number of nitrogens with one attached hydrogen (secondary N) is 2. The molecule has 0 atom stereocenters. The van der Waals surface area contributed by atoms with E-state index in [1.165, 1.54) is 24.3 Å². The zero-order valence-corrected chi connectivity index (χ0v) is 15.2. The molecular weight excluding hydrogens is 370 g/mol. The minimum absolute atomic E-state index is 0.0387. The molecule has 0 aromatic heterocycles. The summed E-state index contributed by atoms with van der Waals surface area (Å²) in [6.45, 7) is 0. The SMILES string of the molecule is O=C(Nc1ccccc1)/C(=C\c1cccc([N+](=O)[O-])c1)NC(=O)c1ccccc1. The molecule has 3 rings (SSSR count). The van der Waals surface area contributed by atoms with Crippen molar-refractivity contribution in [3.63, 3.8) is 0 Å². The highest BCUT2D eigenvalue weighted by atomic mass is 16.6. The van der Waals surface area contributed by atoms with E-state index in [0.29, 0.717) is 16.8 Å². The summed E-state index contributed by atoms with van der Waals surface area (Å²) < 4.78 is 0. The molecule has 144 valence electrons. The van der Waals surface area contributed by atoms with Gasteiger partial charge in [0.15, 0.2) is 0 Å². The van der Waals surface area contributed by atoms with E-state index >= 15 is 0 Å². The number of hydrogen-bond acceptors (Lipinski definition) is 4. The summed E-state index contributed by atoms with van der Waals surface area (Å²) in [6.07, 6.45) is 1.39. The van der Waals surface area contributed by atoms with E-state index in [2.05, 4.69) is 10.6 Å². The van der Waals surface area contributed by atoms with Gasteiger partial charge in [-0.05, 0) is 35.9 Å². The number of benzene rings is 3. The van der Waals surface area contributed by atoms with Gasteiger partial charge in [-0.15, -0.1) is 0 Å². The smallest absolute Gasteiger partial charge is 0.272 e. The van der Waals surface area contributed by atoms with E-state index in [1.807, 2.05) is 6.07 Å². The summed E-state index contributed by atoms with van der Waals surface area (Å²) in [5.74, 6) is -1.02. The molecule has 0 bridgehead atoms. The number of non-ortho nitro benzene ring substituents is 1. The summed E-state index contributed by atoms with van der Waals surface area (Å²) in [4.78, 5) is 35.8. The minimum Gasteiger partial charge on any atom is -0.321 e. The Labute approximate surface area is 166 Å². The average molecular weight is 387 g/mol. The first-order valence-corrected chi connectivity index (χ1v) is 8.72. The Bertz CT molecular complexity index is 1060. The number of nitro benzene ring substituents is 1. The lowest BCUT2D eigenvalue weighted by Crippen LogP contribution is -2.30. The quantitative estimate of drug-likeness (QED) is 0.379. The molecule has 7 nitrogen and oxygen atoms in total. The maximum atomic E-state index is 12.8. The van der Waals surface area contributed by atoms with Gasteiger partial charge in [0, 0.05) is 23.4 Å². The molecule has 2 amide bonds. The van der Waals surface area contributed by atoms with E-state index in [1.54, 1.807) is 60.7 Å². The van der Waals surface area contributed by atoms with Gasteiger partial charge in [0.25, 0.3) is 17.5 Å². The fourth-order valence-electron chi connectivity index (χ4n) is 2.56. The van der Waals surface area contributed by atoms with Crippen molar-refractivity contribution in [2.45, 2.75) is 0 Å². The first kappa shape index (κ1) is 19.5. The van der Waals surface area contributed by atoms with E-state index < -0.39 is 16.7 Å². The van der Waals surface area contributed by atoms with Gasteiger partial charge in [-0.1, -0.05) is 48.5 Å². The molecule has 0 heterocycles. The number of nitro groups is 1. The topological polar surface area (TPSA) is 101 Å². The van der Waals surface area contributed by atoms with Gasteiger partial charge < -0.3 is 10.6 Å². The van der Waals surface area contributed by atoms with Crippen molar-refractivity contribution in [1.29, 1.82) is 0 Å². The second kappa shape index (κ2) is 9.09. The number of nitrogens with zero attached hydrogens (tertiary/aromatic N) is 1. The fourth-order valence-corrected chi connectivity index (χ4v) is 2.56. The molecular formula is C22H17N3O4. The van der Waals surface area contributed by atoms with Gasteiger partial charge in [0.05, 0.1) is 4.92 Å². The largest absolute Gasteiger partial charge is 0.321 e. The van der Waals surface area contributed by atoms with Crippen molar-refractivity contribution in [2.75, 3.05) is 5.32 Å². The predicted octanol–water partition coefficient (Wildman–Crippen LogP) is 4.00. The van der Waals surface area contributed by atoms with Crippen LogP contribution in [0, 0.1) is 10.1 Å². The van der Waals surface area contributed by atoms with E-state index in [-0.39, 0.29) is 11.4 Å². The summed E-state index contributed by atoms with van der Waals surface area (Å²) >= 11 is 0. The fraction of sp³-hybridized carbons (Fsp3) is 0. The lowest BCUT2D eigenvalue weighted by atomic mass is 10.1. The number of carbonyl (C=O) groups is 2. The zero-order valence-electron chi connectivity index (χ0n) is 15.2. The maximum Gasteiger partial charge on any atom is 0.272 e. The first-order chi connectivity index (χ1) is 14.0. The second-order valence-corrected chi connectivity index (χ2v) is 6.05. The van der Waals surface area contributed by atoms with Crippen LogP contribution in [0.2, 0.25) is 0 Å². The molecule has 2 N–H and O–H groups in total. The molecule has 0 saturated carbocycles. The van der Waals surface area contributed by atoms with Crippen molar-refractivity contribution in [2.24, 2.45) is 0 Å². The Kier molecular flexibility index (Phi) is 6.12. The number of hydrogen-bond donors (Lipinski definition) is 2. The van der Waals surface area contributed by atoms with Gasteiger partial charge in [-0.3, -0.25) is 19.7 Å². The molecule has 0 unspecified atom stereocenters. The Morgan fingerprint density at radius 1 is 0.862 bits per heavy atom. The van der Waals surface area contributed by atoms with Crippen LogP contribution in [0.25, 0.3) is 6.08 Å². The number of carbonyl (C=O) groups excluding carboxylic acids is 2. The molecule has 0 spiro atoms. The third-order valence-corrected chi connectivity index (χ3v) is 3.95. The Morgan fingerprint density at radius 2 is 1.52 bits per heavy atom. The van der Waals surface area contributed by atoms with Crippen molar-refractivity contribution < 1.29 is 14.5 Å². The molecule has 3 aromatic carbocycles. The van der Waals surface area contributed by atoms with Crippen LogP contribution in [0.4, 0.5) is 11.4 Å². The predicted molar refractivity (Wildman–Crippen MR) is 110 cm³/mol. The number of anilines is 1. The van der Waals surface area contributed by atoms with Gasteiger partial charge in [0.2, 0.25) is 0 Å². The van der Waals surface area contributed by atoms with Crippen LogP contribution >= 0.6 is 0 Å². The van der Waals surface area contributed by atoms with Crippen molar-refractivity contribution >= 4 is 29.3 Å². The number of rotatable bonds is 6. The molecule has 0 fully saturated rings. The maximum absolute atomic E-state index is 12.8. The van der Waals surface area contributed by atoms with Gasteiger partial charge in [0.1, 0.15) is 5.70 Å². The summed E-state index contributed by atoms with van der Waals surface area (Å²) in [5.41, 5.74) is 1.19. The molecule has 0 radical (unpaired) electrons. The molecule has 0 aliphatic rings. The number of amides is 2. The molecule has 29 heavy (non-hydrogen) atoms. The summed E-state index contributed by atoms with van der Waals surface area (Å²) in [7, 11) is 0. The second-order valence-electron chi connectivity index (χ2n) is 6.05. The Morgan fingerprint density at radius 3 is 2.17 bits per heavy atom. The van der Waals surface area contributed by atoms with Crippen LogP contribution in [0.3, 0.4) is 0 Å². The van der Waals surface area contributed by atoms with Crippen LogP contribution in [0.1, 0.15) is 15.9 Å². The molecule has 0 saturated heterocycles.